The zero-order valence-electron chi connectivity index (χ0n) is 22.5. The number of carbonyl (C=O) groups excluding carboxylic acids is 1. The van der Waals surface area contributed by atoms with Crippen LogP contribution in [0.3, 0.4) is 0 Å². The molecule has 14 heteroatoms. The topological polar surface area (TPSA) is 131 Å². The number of rotatable bonds is 7. The number of nitrogens with zero attached hydrogens (tertiary/aromatic N) is 4. The number of anilines is 2. The van der Waals surface area contributed by atoms with Gasteiger partial charge >= 0.3 is 11.4 Å². The van der Waals surface area contributed by atoms with E-state index < -0.39 is 53.4 Å². The lowest BCUT2D eigenvalue weighted by Crippen LogP contribution is -2.43. The third-order valence-corrected chi connectivity index (χ3v) is 6.65. The van der Waals surface area contributed by atoms with Crippen molar-refractivity contribution in [3.63, 3.8) is 0 Å². The lowest BCUT2D eigenvalue weighted by atomic mass is 10.1. The Kier molecular flexibility index (Phi) is 7.70. The van der Waals surface area contributed by atoms with Gasteiger partial charge in [-0.3, -0.25) is 14.2 Å². The van der Waals surface area contributed by atoms with Gasteiger partial charge in [0.1, 0.15) is 11.4 Å². The number of halogens is 3. The number of amides is 1. The van der Waals surface area contributed by atoms with Crippen LogP contribution in [0.4, 0.5) is 24.8 Å². The van der Waals surface area contributed by atoms with Crippen molar-refractivity contribution in [1.29, 1.82) is 0 Å². The fourth-order valence-corrected chi connectivity index (χ4v) is 4.52. The Morgan fingerprint density at radius 3 is 2.45 bits per heavy atom. The molecule has 2 aromatic carbocycles. The molecule has 2 N–H and O–H groups in total. The van der Waals surface area contributed by atoms with Crippen molar-refractivity contribution in [2.24, 2.45) is 0 Å². The van der Waals surface area contributed by atoms with Crippen LogP contribution in [-0.2, 0) is 19.5 Å². The first kappa shape index (κ1) is 28.4. The van der Waals surface area contributed by atoms with E-state index in [2.05, 4.69) is 15.3 Å². The van der Waals surface area contributed by atoms with Crippen LogP contribution in [0.1, 0.15) is 33.6 Å². The Hall–Kier alpha value is -5.14. The highest BCUT2D eigenvalue weighted by atomic mass is 19.2. The van der Waals surface area contributed by atoms with Crippen molar-refractivity contribution in [3.05, 3.63) is 114 Å². The number of benzene rings is 2. The van der Waals surface area contributed by atoms with Gasteiger partial charge in [-0.15, -0.1) is 0 Å². The maximum Gasteiger partial charge on any atom is 0.355 e. The molecular weight excluding hydrogens is 557 g/mol. The molecular formula is C28H25F3N6O5. The first-order valence-corrected chi connectivity index (χ1v) is 12.8. The number of hydrogen-bond donors (Lipinski definition) is 2. The van der Waals surface area contributed by atoms with Gasteiger partial charge in [-0.25, -0.2) is 27.3 Å². The summed E-state index contributed by atoms with van der Waals surface area (Å²) in [5, 5.41) is 2.91. The summed E-state index contributed by atoms with van der Waals surface area (Å²) in [6.07, 6.45) is 1.55. The summed E-state index contributed by atoms with van der Waals surface area (Å²) in [7, 11) is 3.02. The highest BCUT2D eigenvalue weighted by molar-refractivity contribution is 5.91. The Bertz CT molecular complexity index is 1860. The van der Waals surface area contributed by atoms with Gasteiger partial charge in [0, 0.05) is 25.3 Å². The number of pyridine rings is 1. The highest BCUT2D eigenvalue weighted by Crippen LogP contribution is 2.28. The van der Waals surface area contributed by atoms with Crippen LogP contribution in [0.5, 0.6) is 5.75 Å². The molecule has 11 nitrogen and oxygen atoms in total. The Morgan fingerprint density at radius 1 is 1.02 bits per heavy atom. The molecule has 218 valence electrons. The van der Waals surface area contributed by atoms with Crippen molar-refractivity contribution >= 4 is 17.5 Å². The van der Waals surface area contributed by atoms with E-state index in [-0.39, 0.29) is 22.8 Å². The zero-order valence-corrected chi connectivity index (χ0v) is 22.5. The molecule has 5 rings (SSSR count). The van der Waals surface area contributed by atoms with Crippen molar-refractivity contribution in [3.8, 4) is 5.75 Å². The van der Waals surface area contributed by atoms with Crippen molar-refractivity contribution < 1.29 is 22.7 Å². The molecule has 42 heavy (non-hydrogen) atoms. The van der Waals surface area contributed by atoms with E-state index in [4.69, 9.17) is 4.74 Å². The molecule has 3 heterocycles. The standard InChI is InChI=1S/C28H25F3N6O5/c1-35(2)25(39)21-7-5-17(24(38)33-21)14-37-27(40)34-26(32-18-6-8-22-16(12-18)4-3-9-42-22)36(28(37)41)13-15-10-19(29)23(31)20(30)11-15/h5-8,10-12H,3-4,9,13-14H2,1-2H3,(H,33,38)(H,32,34,40). The minimum absolute atomic E-state index is 0.00648. The predicted molar refractivity (Wildman–Crippen MR) is 146 cm³/mol. The van der Waals surface area contributed by atoms with Gasteiger partial charge in [0.05, 0.1) is 19.7 Å². The molecule has 0 aliphatic carbocycles. The Labute approximate surface area is 235 Å². The van der Waals surface area contributed by atoms with E-state index in [1.165, 1.54) is 31.1 Å². The zero-order chi connectivity index (χ0) is 30.1. The average molecular weight is 583 g/mol. The number of fused-ring (bicyclic) bond motifs is 1. The average Bonchev–Trinajstić information content (AvgIpc) is 2.96. The van der Waals surface area contributed by atoms with Crippen LogP contribution >= 0.6 is 0 Å². The van der Waals surface area contributed by atoms with E-state index in [1.54, 1.807) is 18.2 Å². The highest BCUT2D eigenvalue weighted by Gasteiger charge is 2.19. The first-order valence-electron chi connectivity index (χ1n) is 12.8. The van der Waals surface area contributed by atoms with Gasteiger partial charge in [0.2, 0.25) is 5.95 Å². The number of aryl methyl sites for hydroxylation is 1. The quantitative estimate of drug-likeness (QED) is 0.320. The molecule has 0 fully saturated rings. The summed E-state index contributed by atoms with van der Waals surface area (Å²) in [5.74, 6) is -4.58. The summed E-state index contributed by atoms with van der Waals surface area (Å²) in [4.78, 5) is 59.2. The van der Waals surface area contributed by atoms with Crippen molar-refractivity contribution in [2.75, 3.05) is 26.0 Å². The number of H-pyrrole nitrogens is 1. The van der Waals surface area contributed by atoms with Gasteiger partial charge < -0.3 is 19.9 Å². The lowest BCUT2D eigenvalue weighted by Gasteiger charge is -2.19. The SMILES string of the molecule is CN(C)C(=O)c1ccc(Cn2c(=O)nc(Nc3ccc4c(c3)CCCO4)n(Cc3cc(F)c(F)c(F)c3)c2=O)c(=O)[nH]1. The van der Waals surface area contributed by atoms with E-state index in [1.807, 2.05) is 0 Å². The van der Waals surface area contributed by atoms with Crippen molar-refractivity contribution in [2.45, 2.75) is 25.9 Å². The molecule has 1 aliphatic heterocycles. The van der Waals surface area contributed by atoms with Crippen LogP contribution in [0, 0.1) is 17.5 Å². The van der Waals surface area contributed by atoms with E-state index in [0.717, 1.165) is 35.1 Å². The third-order valence-electron chi connectivity index (χ3n) is 6.65. The molecule has 1 aliphatic rings. The van der Waals surface area contributed by atoms with Gasteiger partial charge in [0.25, 0.3) is 11.5 Å². The molecule has 0 unspecified atom stereocenters. The molecule has 0 saturated carbocycles. The second-order valence-electron chi connectivity index (χ2n) is 9.87. The largest absolute Gasteiger partial charge is 0.493 e. The Balaban J connectivity index is 1.57. The van der Waals surface area contributed by atoms with E-state index >= 15 is 0 Å². The van der Waals surface area contributed by atoms with E-state index in [0.29, 0.717) is 22.6 Å². The summed E-state index contributed by atoms with van der Waals surface area (Å²) in [6.45, 7) is -0.427. The molecule has 0 spiro atoms. The van der Waals surface area contributed by atoms with Crippen LogP contribution in [0.15, 0.2) is 56.8 Å². The molecule has 0 bridgehead atoms. The van der Waals surface area contributed by atoms with Gasteiger partial charge in [-0.2, -0.15) is 4.98 Å². The van der Waals surface area contributed by atoms with Crippen molar-refractivity contribution in [1.82, 2.24) is 24.0 Å². The summed E-state index contributed by atoms with van der Waals surface area (Å²) in [6, 6.07) is 9.25. The third kappa shape index (κ3) is 5.68. The summed E-state index contributed by atoms with van der Waals surface area (Å²) in [5.41, 5.74) is -1.45. The monoisotopic (exact) mass is 582 g/mol. The molecule has 4 aromatic rings. The van der Waals surface area contributed by atoms with Crippen LogP contribution in [0.25, 0.3) is 0 Å². The molecule has 0 radical (unpaired) electrons. The molecule has 0 saturated heterocycles. The second kappa shape index (κ2) is 11.4. The number of ether oxygens (including phenoxy) is 1. The Morgan fingerprint density at radius 2 is 1.76 bits per heavy atom. The number of nitrogens with one attached hydrogen (secondary N) is 2. The predicted octanol–water partition coefficient (Wildman–Crippen LogP) is 2.38. The lowest BCUT2D eigenvalue weighted by molar-refractivity contribution is 0.0821. The normalized spacial score (nSPS) is 12.4. The number of carbonyl (C=O) groups is 1. The first-order chi connectivity index (χ1) is 20.0. The van der Waals surface area contributed by atoms with Gasteiger partial charge in [-0.1, -0.05) is 0 Å². The second-order valence-corrected chi connectivity index (χ2v) is 9.87. The maximum absolute atomic E-state index is 14.0. The van der Waals surface area contributed by atoms with Gasteiger partial charge in [-0.05, 0) is 66.4 Å². The van der Waals surface area contributed by atoms with E-state index in [9.17, 15) is 32.3 Å². The number of hydrogen-bond acceptors (Lipinski definition) is 7. The van der Waals surface area contributed by atoms with Crippen LogP contribution < -0.4 is 27.0 Å². The summed E-state index contributed by atoms with van der Waals surface area (Å²) >= 11 is 0. The van der Waals surface area contributed by atoms with Crippen LogP contribution in [-0.4, -0.2) is 50.6 Å². The number of aromatic nitrogens is 4. The maximum atomic E-state index is 14.0. The fraction of sp³-hybridized carbons (Fsp3) is 0.250. The molecule has 1 amide bonds. The summed E-state index contributed by atoms with van der Waals surface area (Å²) < 4.78 is 48.8. The smallest absolute Gasteiger partial charge is 0.355 e. The molecule has 2 aromatic heterocycles. The number of aromatic amines is 1. The minimum Gasteiger partial charge on any atom is -0.493 e. The van der Waals surface area contributed by atoms with Gasteiger partial charge in [0.15, 0.2) is 17.5 Å². The van der Waals surface area contributed by atoms with Crippen LogP contribution in [0.2, 0.25) is 0 Å². The fourth-order valence-electron chi connectivity index (χ4n) is 4.52. The molecule has 0 atom stereocenters. The minimum atomic E-state index is -1.67.